The molecule has 1 unspecified atom stereocenters. The SMILES string of the molecule is CCCCCC/C=C\C=C/CCCCCCCC(=O)OC[C@H](COP(=O)(O)OC[C@@H](O)CO)OC(=O)CCC/C=C\C/C=C\C/C=C\C=C\[C@@H](O)CCCCC. The number of phosphoric ester groups is 1. The topological polar surface area (TPSA) is 169 Å². The van der Waals surface area contributed by atoms with Crippen molar-refractivity contribution in [1.29, 1.82) is 0 Å². The maximum atomic E-state index is 12.6. The first-order valence-corrected chi connectivity index (χ1v) is 22.5. The first kappa shape index (κ1) is 53.4. The molecule has 4 atom stereocenters. The van der Waals surface area contributed by atoms with Crippen LogP contribution in [0.1, 0.15) is 149 Å². The lowest BCUT2D eigenvalue weighted by Gasteiger charge is -2.20. The van der Waals surface area contributed by atoms with Gasteiger partial charge in [0.25, 0.3) is 0 Å². The highest BCUT2D eigenvalue weighted by molar-refractivity contribution is 7.47. The summed E-state index contributed by atoms with van der Waals surface area (Å²) >= 11 is 0. The van der Waals surface area contributed by atoms with Crippen LogP contribution >= 0.6 is 7.82 Å². The van der Waals surface area contributed by atoms with Gasteiger partial charge in [-0.15, -0.1) is 0 Å². The second-order valence-corrected chi connectivity index (χ2v) is 15.3. The summed E-state index contributed by atoms with van der Waals surface area (Å²) < 4.78 is 32.6. The van der Waals surface area contributed by atoms with Gasteiger partial charge in [0, 0.05) is 12.8 Å². The number of allylic oxidation sites excluding steroid dienone is 11. The molecule has 0 rings (SSSR count). The Labute approximate surface area is 338 Å². The van der Waals surface area contributed by atoms with E-state index in [0.717, 1.165) is 77.0 Å². The summed E-state index contributed by atoms with van der Waals surface area (Å²) in [6, 6.07) is 0. The van der Waals surface area contributed by atoms with Crippen LogP contribution in [0.3, 0.4) is 0 Å². The number of carbonyl (C=O) groups excluding carboxylic acids is 2. The molecule has 12 heteroatoms. The highest BCUT2D eigenvalue weighted by Gasteiger charge is 2.27. The summed E-state index contributed by atoms with van der Waals surface area (Å²) in [6.07, 6.45) is 40.5. The molecule has 0 aliphatic rings. The van der Waals surface area contributed by atoms with Gasteiger partial charge in [0.1, 0.15) is 12.7 Å². The van der Waals surface area contributed by atoms with Gasteiger partial charge in [-0.25, -0.2) is 4.57 Å². The van der Waals surface area contributed by atoms with E-state index in [4.69, 9.17) is 19.1 Å². The molecule has 0 spiro atoms. The summed E-state index contributed by atoms with van der Waals surface area (Å²) in [5, 5.41) is 28.2. The molecule has 0 bridgehead atoms. The van der Waals surface area contributed by atoms with Crippen molar-refractivity contribution in [2.45, 2.75) is 167 Å². The quantitative estimate of drug-likeness (QED) is 0.0154. The van der Waals surface area contributed by atoms with Crippen LogP contribution in [0.15, 0.2) is 72.9 Å². The summed E-state index contributed by atoms with van der Waals surface area (Å²) in [6.45, 7) is 2.11. The Morgan fingerprint density at radius 3 is 1.86 bits per heavy atom. The number of hydrogen-bond acceptors (Lipinski definition) is 10. The van der Waals surface area contributed by atoms with Crippen molar-refractivity contribution in [2.75, 3.05) is 26.4 Å². The molecule has 0 heterocycles. The molecular formula is C44H75O11P. The minimum absolute atomic E-state index is 0.0812. The van der Waals surface area contributed by atoms with Crippen molar-refractivity contribution < 1.29 is 52.9 Å². The Bertz CT molecular complexity index is 1180. The Morgan fingerprint density at radius 1 is 0.607 bits per heavy atom. The number of ether oxygens (including phenoxy) is 2. The molecule has 322 valence electrons. The Kier molecular flexibility index (Phi) is 37.4. The molecule has 56 heavy (non-hydrogen) atoms. The fourth-order valence-corrected chi connectivity index (χ4v) is 5.93. The van der Waals surface area contributed by atoms with E-state index in [0.29, 0.717) is 19.3 Å². The van der Waals surface area contributed by atoms with Crippen molar-refractivity contribution in [1.82, 2.24) is 0 Å². The lowest BCUT2D eigenvalue weighted by Crippen LogP contribution is -2.29. The zero-order chi connectivity index (χ0) is 41.4. The molecule has 0 aromatic carbocycles. The van der Waals surface area contributed by atoms with E-state index >= 15 is 0 Å². The van der Waals surface area contributed by atoms with Crippen molar-refractivity contribution in [3.05, 3.63) is 72.9 Å². The molecule has 0 amide bonds. The first-order valence-electron chi connectivity index (χ1n) is 21.0. The second-order valence-electron chi connectivity index (χ2n) is 13.9. The third-order valence-electron chi connectivity index (χ3n) is 8.47. The summed E-state index contributed by atoms with van der Waals surface area (Å²) in [5.41, 5.74) is 0. The molecule has 0 saturated heterocycles. The fourth-order valence-electron chi connectivity index (χ4n) is 5.14. The highest BCUT2D eigenvalue weighted by atomic mass is 31.2. The minimum atomic E-state index is -4.65. The molecule has 0 fully saturated rings. The van der Waals surface area contributed by atoms with E-state index < -0.39 is 57.9 Å². The van der Waals surface area contributed by atoms with Crippen LogP contribution in [-0.2, 0) is 32.7 Å². The molecule has 11 nitrogen and oxygen atoms in total. The lowest BCUT2D eigenvalue weighted by atomic mass is 10.1. The minimum Gasteiger partial charge on any atom is -0.462 e. The van der Waals surface area contributed by atoms with Crippen LogP contribution in [0.4, 0.5) is 0 Å². The van der Waals surface area contributed by atoms with Crippen molar-refractivity contribution in [3.8, 4) is 0 Å². The van der Waals surface area contributed by atoms with E-state index in [-0.39, 0.29) is 19.4 Å². The average molecular weight is 811 g/mol. The maximum Gasteiger partial charge on any atom is 0.472 e. The lowest BCUT2D eigenvalue weighted by molar-refractivity contribution is -0.161. The molecule has 0 aromatic heterocycles. The van der Waals surface area contributed by atoms with E-state index in [1.807, 2.05) is 42.5 Å². The average Bonchev–Trinajstić information content (AvgIpc) is 3.18. The molecule has 0 saturated carbocycles. The second kappa shape index (κ2) is 39.2. The van der Waals surface area contributed by atoms with Gasteiger partial charge < -0.3 is 29.7 Å². The monoisotopic (exact) mass is 811 g/mol. The molecular weight excluding hydrogens is 735 g/mol. The highest BCUT2D eigenvalue weighted by Crippen LogP contribution is 2.43. The van der Waals surface area contributed by atoms with E-state index in [2.05, 4.69) is 48.8 Å². The summed E-state index contributed by atoms with van der Waals surface area (Å²) in [7, 11) is -4.65. The Morgan fingerprint density at radius 2 is 1.16 bits per heavy atom. The van der Waals surface area contributed by atoms with Crippen molar-refractivity contribution >= 4 is 19.8 Å². The van der Waals surface area contributed by atoms with Gasteiger partial charge in [-0.2, -0.15) is 0 Å². The van der Waals surface area contributed by atoms with Crippen LogP contribution < -0.4 is 0 Å². The third-order valence-corrected chi connectivity index (χ3v) is 9.42. The Balaban J connectivity index is 4.51. The van der Waals surface area contributed by atoms with Gasteiger partial charge in [0.15, 0.2) is 6.10 Å². The van der Waals surface area contributed by atoms with Gasteiger partial charge in [-0.1, -0.05) is 145 Å². The van der Waals surface area contributed by atoms with Crippen LogP contribution in [0.25, 0.3) is 0 Å². The maximum absolute atomic E-state index is 12.6. The fraction of sp³-hybridized carbons (Fsp3) is 0.682. The molecule has 0 aliphatic heterocycles. The molecule has 0 aromatic rings. The molecule has 0 radical (unpaired) electrons. The number of rotatable bonds is 38. The predicted molar refractivity (Wildman–Crippen MR) is 225 cm³/mol. The van der Waals surface area contributed by atoms with Gasteiger partial charge in [0.2, 0.25) is 0 Å². The number of aliphatic hydroxyl groups excluding tert-OH is 3. The normalized spacial score (nSPS) is 15.2. The van der Waals surface area contributed by atoms with E-state index in [9.17, 15) is 29.3 Å². The molecule has 0 aliphatic carbocycles. The van der Waals surface area contributed by atoms with Gasteiger partial charge in [-0.05, 0) is 64.2 Å². The number of phosphoric acid groups is 1. The van der Waals surface area contributed by atoms with E-state index in [1.165, 1.54) is 25.7 Å². The van der Waals surface area contributed by atoms with Crippen LogP contribution in [0, 0.1) is 0 Å². The predicted octanol–water partition coefficient (Wildman–Crippen LogP) is 9.86. The standard InChI is InChI=1S/C44H75O11P/c1-3-5-7-8-9-10-11-12-13-14-17-20-23-26-30-34-43(48)52-38-42(39-54-56(50,51)53-37-41(47)36-45)55-44(49)35-31-27-24-21-18-15-16-19-22-25-29-33-40(46)32-28-6-4-2/h10-13,15-16,21-22,24-25,29,33,40-42,45-47H,3-9,14,17-20,23,26-28,30-32,34-39H2,1-2H3,(H,50,51)/b11-10-,13-12-,16-15-,24-21-,25-22-,33-29+/t40-,41-,42+/m0/s1. The zero-order valence-corrected chi connectivity index (χ0v) is 35.3. The number of carbonyl (C=O) groups is 2. The summed E-state index contributed by atoms with van der Waals surface area (Å²) in [4.78, 5) is 34.9. The zero-order valence-electron chi connectivity index (χ0n) is 34.4. The van der Waals surface area contributed by atoms with Crippen molar-refractivity contribution in [3.63, 3.8) is 0 Å². The summed E-state index contributed by atoms with van der Waals surface area (Å²) in [5.74, 6) is -1.04. The third kappa shape index (κ3) is 38.3. The Hall–Kier alpha value is -2.63. The van der Waals surface area contributed by atoms with Gasteiger partial charge in [-0.3, -0.25) is 18.6 Å². The van der Waals surface area contributed by atoms with Gasteiger partial charge >= 0.3 is 19.8 Å². The number of aliphatic hydroxyl groups is 3. The van der Waals surface area contributed by atoms with Crippen LogP contribution in [0.2, 0.25) is 0 Å². The van der Waals surface area contributed by atoms with Crippen molar-refractivity contribution in [2.24, 2.45) is 0 Å². The molecule has 4 N–H and O–H groups in total. The number of esters is 2. The first-order chi connectivity index (χ1) is 27.1. The van der Waals surface area contributed by atoms with Gasteiger partial charge in [0.05, 0.1) is 25.9 Å². The largest absolute Gasteiger partial charge is 0.472 e. The van der Waals surface area contributed by atoms with E-state index in [1.54, 1.807) is 0 Å². The number of hydrogen-bond donors (Lipinski definition) is 4. The number of unbranched alkanes of at least 4 members (excludes halogenated alkanes) is 12. The van der Waals surface area contributed by atoms with Crippen LogP contribution in [-0.4, -0.2) is 76.9 Å². The van der Waals surface area contributed by atoms with Crippen LogP contribution in [0.5, 0.6) is 0 Å². The smallest absolute Gasteiger partial charge is 0.462 e.